The quantitative estimate of drug-likeness (QED) is 0.767. The standard InChI is InChI=1S/C16H17ClN6O/c1-11-13(8-19-22(11)2)7-18-16(24)15-10-23(21-20-15)9-12-5-3-4-6-14(12)17/h3-6,8,10H,7,9H2,1-2H3,(H,18,24). The van der Waals surface area contributed by atoms with E-state index in [2.05, 4.69) is 20.7 Å². The van der Waals surface area contributed by atoms with Gasteiger partial charge in [0, 0.05) is 29.9 Å². The van der Waals surface area contributed by atoms with Crippen molar-refractivity contribution in [3.8, 4) is 0 Å². The van der Waals surface area contributed by atoms with Crippen LogP contribution in [-0.2, 0) is 20.1 Å². The fourth-order valence-corrected chi connectivity index (χ4v) is 2.46. The normalized spacial score (nSPS) is 10.8. The first-order valence-corrected chi connectivity index (χ1v) is 7.81. The number of carbonyl (C=O) groups excluding carboxylic acids is 1. The zero-order valence-corrected chi connectivity index (χ0v) is 14.2. The van der Waals surface area contributed by atoms with Gasteiger partial charge in [-0.2, -0.15) is 5.10 Å². The molecule has 2 heterocycles. The smallest absolute Gasteiger partial charge is 0.273 e. The summed E-state index contributed by atoms with van der Waals surface area (Å²) < 4.78 is 3.35. The Hall–Kier alpha value is -2.67. The highest BCUT2D eigenvalue weighted by Gasteiger charge is 2.12. The van der Waals surface area contributed by atoms with E-state index in [0.717, 1.165) is 16.8 Å². The predicted octanol–water partition coefficient (Wildman–Crippen LogP) is 1.95. The number of nitrogens with one attached hydrogen (secondary N) is 1. The van der Waals surface area contributed by atoms with Gasteiger partial charge in [-0.25, -0.2) is 4.68 Å². The predicted molar refractivity (Wildman–Crippen MR) is 89.7 cm³/mol. The summed E-state index contributed by atoms with van der Waals surface area (Å²) in [6, 6.07) is 7.50. The van der Waals surface area contributed by atoms with Crippen molar-refractivity contribution in [2.24, 2.45) is 7.05 Å². The third-order valence-corrected chi connectivity index (χ3v) is 4.21. The van der Waals surface area contributed by atoms with E-state index in [-0.39, 0.29) is 11.6 Å². The number of hydrogen-bond donors (Lipinski definition) is 1. The number of hydrogen-bond acceptors (Lipinski definition) is 4. The molecule has 0 aliphatic heterocycles. The molecule has 8 heteroatoms. The molecule has 0 unspecified atom stereocenters. The molecule has 7 nitrogen and oxygen atoms in total. The molecule has 0 saturated heterocycles. The first kappa shape index (κ1) is 16.2. The number of carbonyl (C=O) groups is 1. The average molecular weight is 345 g/mol. The highest BCUT2D eigenvalue weighted by Crippen LogP contribution is 2.15. The van der Waals surface area contributed by atoms with Gasteiger partial charge in [0.15, 0.2) is 5.69 Å². The number of aryl methyl sites for hydroxylation is 1. The number of amides is 1. The van der Waals surface area contributed by atoms with Crippen LogP contribution in [0.3, 0.4) is 0 Å². The molecule has 0 bridgehead atoms. The molecular formula is C16H17ClN6O. The molecule has 124 valence electrons. The summed E-state index contributed by atoms with van der Waals surface area (Å²) in [5, 5.41) is 15.5. The Balaban J connectivity index is 1.63. The van der Waals surface area contributed by atoms with Gasteiger partial charge < -0.3 is 5.32 Å². The van der Waals surface area contributed by atoms with Crippen LogP contribution in [0.5, 0.6) is 0 Å². The van der Waals surface area contributed by atoms with Gasteiger partial charge in [0.2, 0.25) is 0 Å². The maximum atomic E-state index is 12.2. The maximum Gasteiger partial charge on any atom is 0.273 e. The lowest BCUT2D eigenvalue weighted by Gasteiger charge is -2.03. The second-order valence-corrected chi connectivity index (χ2v) is 5.86. The molecule has 3 aromatic rings. The summed E-state index contributed by atoms with van der Waals surface area (Å²) in [6.45, 7) is 2.81. The molecule has 0 fully saturated rings. The van der Waals surface area contributed by atoms with Crippen LogP contribution in [0, 0.1) is 6.92 Å². The van der Waals surface area contributed by atoms with Crippen LogP contribution in [0.2, 0.25) is 5.02 Å². The number of halogens is 1. The first-order chi connectivity index (χ1) is 11.5. The number of benzene rings is 1. The van der Waals surface area contributed by atoms with E-state index in [1.807, 2.05) is 38.2 Å². The number of aromatic nitrogens is 5. The van der Waals surface area contributed by atoms with E-state index in [1.165, 1.54) is 0 Å². The summed E-state index contributed by atoms with van der Waals surface area (Å²) in [5.74, 6) is -0.274. The fourth-order valence-electron chi connectivity index (χ4n) is 2.26. The van der Waals surface area contributed by atoms with Gasteiger partial charge in [-0.3, -0.25) is 9.48 Å². The molecule has 0 aliphatic rings. The van der Waals surface area contributed by atoms with E-state index < -0.39 is 0 Å². The van der Waals surface area contributed by atoms with Crippen LogP contribution >= 0.6 is 11.6 Å². The molecule has 0 spiro atoms. The molecule has 0 aliphatic carbocycles. The Labute approximate surface area is 144 Å². The molecule has 1 aromatic carbocycles. The first-order valence-electron chi connectivity index (χ1n) is 7.44. The largest absolute Gasteiger partial charge is 0.346 e. The molecule has 24 heavy (non-hydrogen) atoms. The minimum Gasteiger partial charge on any atom is -0.346 e. The summed E-state index contributed by atoms with van der Waals surface area (Å²) in [7, 11) is 1.86. The zero-order valence-electron chi connectivity index (χ0n) is 13.4. The van der Waals surface area contributed by atoms with Gasteiger partial charge in [0.1, 0.15) is 0 Å². The lowest BCUT2D eigenvalue weighted by atomic mass is 10.2. The highest BCUT2D eigenvalue weighted by atomic mass is 35.5. The van der Waals surface area contributed by atoms with Crippen molar-refractivity contribution in [3.05, 3.63) is 64.2 Å². The van der Waals surface area contributed by atoms with Crippen molar-refractivity contribution in [2.75, 3.05) is 0 Å². The van der Waals surface area contributed by atoms with E-state index in [1.54, 1.807) is 21.8 Å². The second-order valence-electron chi connectivity index (χ2n) is 5.45. The topological polar surface area (TPSA) is 77.6 Å². The third kappa shape index (κ3) is 3.46. The van der Waals surface area contributed by atoms with Crippen LogP contribution in [0.15, 0.2) is 36.7 Å². The summed E-state index contributed by atoms with van der Waals surface area (Å²) in [6.07, 6.45) is 3.35. The van der Waals surface area contributed by atoms with Crippen molar-refractivity contribution in [1.29, 1.82) is 0 Å². The minimum atomic E-state index is -0.274. The van der Waals surface area contributed by atoms with Gasteiger partial charge in [0.05, 0.1) is 18.9 Å². The van der Waals surface area contributed by atoms with Crippen molar-refractivity contribution in [1.82, 2.24) is 30.1 Å². The molecule has 0 saturated carbocycles. The molecule has 1 N–H and O–H groups in total. The van der Waals surface area contributed by atoms with Crippen LogP contribution in [0.4, 0.5) is 0 Å². The van der Waals surface area contributed by atoms with Gasteiger partial charge in [-0.1, -0.05) is 35.0 Å². The van der Waals surface area contributed by atoms with Crippen molar-refractivity contribution in [2.45, 2.75) is 20.0 Å². The molecule has 2 aromatic heterocycles. The summed E-state index contributed by atoms with van der Waals surface area (Å²) in [5.41, 5.74) is 3.16. The van der Waals surface area contributed by atoms with E-state index in [9.17, 15) is 4.79 Å². The van der Waals surface area contributed by atoms with Crippen LogP contribution in [0.1, 0.15) is 27.3 Å². The molecule has 0 radical (unpaired) electrons. The Morgan fingerprint density at radius 1 is 1.29 bits per heavy atom. The Morgan fingerprint density at radius 3 is 2.79 bits per heavy atom. The molecule has 1 amide bonds. The molecule has 0 atom stereocenters. The van der Waals surface area contributed by atoms with Gasteiger partial charge in [-0.05, 0) is 18.6 Å². The lowest BCUT2D eigenvalue weighted by molar-refractivity contribution is 0.0946. The minimum absolute atomic E-state index is 0.267. The molecular weight excluding hydrogens is 328 g/mol. The van der Waals surface area contributed by atoms with E-state index >= 15 is 0 Å². The summed E-state index contributed by atoms with van der Waals surface area (Å²) in [4.78, 5) is 12.2. The van der Waals surface area contributed by atoms with Crippen molar-refractivity contribution in [3.63, 3.8) is 0 Å². The van der Waals surface area contributed by atoms with Crippen molar-refractivity contribution < 1.29 is 4.79 Å². The molecule has 3 rings (SSSR count). The zero-order chi connectivity index (χ0) is 17.1. The average Bonchev–Trinajstić information content (AvgIpc) is 3.16. The van der Waals surface area contributed by atoms with E-state index in [4.69, 9.17) is 11.6 Å². The van der Waals surface area contributed by atoms with Crippen LogP contribution in [0.25, 0.3) is 0 Å². The fraction of sp³-hybridized carbons (Fsp3) is 0.250. The second kappa shape index (κ2) is 6.84. The lowest BCUT2D eigenvalue weighted by Crippen LogP contribution is -2.23. The Kier molecular flexibility index (Phi) is 4.61. The SMILES string of the molecule is Cc1c(CNC(=O)c2cn(Cc3ccccc3Cl)nn2)cnn1C. The Bertz CT molecular complexity index is 869. The van der Waals surface area contributed by atoms with Gasteiger partial charge >= 0.3 is 0 Å². The van der Waals surface area contributed by atoms with Gasteiger partial charge in [-0.15, -0.1) is 5.10 Å². The van der Waals surface area contributed by atoms with Gasteiger partial charge in [0.25, 0.3) is 5.91 Å². The van der Waals surface area contributed by atoms with E-state index in [0.29, 0.717) is 18.1 Å². The monoisotopic (exact) mass is 344 g/mol. The number of rotatable bonds is 5. The summed E-state index contributed by atoms with van der Waals surface area (Å²) >= 11 is 6.13. The highest BCUT2D eigenvalue weighted by molar-refractivity contribution is 6.31. The Morgan fingerprint density at radius 2 is 2.08 bits per heavy atom. The maximum absolute atomic E-state index is 12.2. The van der Waals surface area contributed by atoms with Crippen molar-refractivity contribution >= 4 is 17.5 Å². The van der Waals surface area contributed by atoms with Crippen LogP contribution in [-0.4, -0.2) is 30.7 Å². The third-order valence-electron chi connectivity index (χ3n) is 3.84. The van der Waals surface area contributed by atoms with Crippen LogP contribution < -0.4 is 5.32 Å². The number of nitrogens with zero attached hydrogens (tertiary/aromatic N) is 5.